The number of β-amino-alcohol motifs (C(OH)–C–C–N with tert-alkyl or cyclic N) is 1. The molecule has 2 heterocycles. The number of aliphatic hydroxyl groups excluding tert-OH is 2. The van der Waals surface area contributed by atoms with E-state index in [1.54, 1.807) is 0 Å². The first kappa shape index (κ1) is 27.7. The topological polar surface area (TPSA) is 159 Å². The molecule has 0 unspecified atom stereocenters. The van der Waals surface area contributed by atoms with E-state index < -0.39 is 20.2 Å². The van der Waals surface area contributed by atoms with E-state index in [1.807, 2.05) is 9.80 Å². The van der Waals surface area contributed by atoms with Crippen LogP contribution in [-0.2, 0) is 20.2 Å². The summed E-state index contributed by atoms with van der Waals surface area (Å²) in [4.78, 5) is 6.17. The lowest BCUT2D eigenvalue weighted by atomic mass is 9.94. The third-order valence-electron chi connectivity index (χ3n) is 5.46. The zero-order valence-corrected chi connectivity index (χ0v) is 19.1. The molecule has 11 nitrogen and oxygen atoms in total. The van der Waals surface area contributed by atoms with Gasteiger partial charge in [-0.3, -0.25) is 18.9 Å². The van der Waals surface area contributed by atoms with E-state index >= 15 is 0 Å². The molecule has 0 aromatic heterocycles. The maximum absolute atomic E-state index is 10.5. The zero-order valence-electron chi connectivity index (χ0n) is 17.5. The molecule has 2 fully saturated rings. The highest BCUT2D eigenvalue weighted by molar-refractivity contribution is 7.86. The molecule has 0 bridgehead atoms. The van der Waals surface area contributed by atoms with Gasteiger partial charge in [0.2, 0.25) is 0 Å². The van der Waals surface area contributed by atoms with Crippen LogP contribution >= 0.6 is 0 Å². The Bertz CT molecular complexity index is 600. The summed E-state index contributed by atoms with van der Waals surface area (Å²) >= 11 is 0. The molecule has 0 amide bonds. The first-order valence-corrected chi connectivity index (χ1v) is 13.5. The van der Waals surface area contributed by atoms with Gasteiger partial charge < -0.3 is 15.1 Å². The van der Waals surface area contributed by atoms with Gasteiger partial charge in [0.25, 0.3) is 20.2 Å². The van der Waals surface area contributed by atoms with E-state index in [-0.39, 0.29) is 24.7 Å². The third-order valence-corrected chi connectivity index (χ3v) is 6.85. The Morgan fingerprint density at radius 2 is 1.03 bits per heavy atom. The predicted octanol–water partition coefficient (Wildman–Crippen LogP) is -1.55. The predicted molar refractivity (Wildman–Crippen MR) is 114 cm³/mol. The van der Waals surface area contributed by atoms with Gasteiger partial charge in [-0.05, 0) is 38.3 Å². The normalized spacial score (nSPS) is 20.7. The fourth-order valence-corrected chi connectivity index (χ4v) is 4.53. The van der Waals surface area contributed by atoms with Gasteiger partial charge >= 0.3 is 0 Å². The summed E-state index contributed by atoms with van der Waals surface area (Å²) in [6.45, 7) is 6.83. The van der Waals surface area contributed by atoms with Crippen LogP contribution in [0.4, 0.5) is 0 Å². The van der Waals surface area contributed by atoms with Gasteiger partial charge in [0.05, 0.1) is 18.1 Å². The molecule has 180 valence electrons. The van der Waals surface area contributed by atoms with Gasteiger partial charge in [0, 0.05) is 52.4 Å². The molecule has 0 atom stereocenters. The standard InChI is InChI=1S/C9H19NO4S.C8H18N2O4S/c11-7-3-9-1-4-10(5-2-9)6-8-15(12,13)14;11-7-5-9-1-3-10(4-2-9)6-8-15(12,13)14/h9,11H,1-8H2,(H,12,13,14);11H,1-8H2,(H,12,13,14). The second kappa shape index (κ2) is 13.9. The molecule has 0 aliphatic carbocycles. The van der Waals surface area contributed by atoms with Gasteiger partial charge in [-0.15, -0.1) is 0 Å². The molecule has 2 aliphatic heterocycles. The molecular weight excluding hydrogens is 438 g/mol. The molecule has 0 saturated carbocycles. The first-order valence-electron chi connectivity index (χ1n) is 10.3. The van der Waals surface area contributed by atoms with E-state index in [2.05, 4.69) is 4.90 Å². The average molecular weight is 476 g/mol. The third kappa shape index (κ3) is 13.8. The number of hydrogen-bond acceptors (Lipinski definition) is 9. The summed E-state index contributed by atoms with van der Waals surface area (Å²) < 4.78 is 59.3. The summed E-state index contributed by atoms with van der Waals surface area (Å²) in [5, 5.41) is 17.5. The Labute approximate surface area is 180 Å². The molecule has 0 radical (unpaired) electrons. The lowest BCUT2D eigenvalue weighted by Crippen LogP contribution is -2.48. The van der Waals surface area contributed by atoms with Gasteiger partial charge in [-0.2, -0.15) is 16.8 Å². The minimum Gasteiger partial charge on any atom is -0.396 e. The minimum absolute atomic E-state index is 0.158. The quantitative estimate of drug-likeness (QED) is 0.271. The average Bonchev–Trinajstić information content (AvgIpc) is 2.67. The van der Waals surface area contributed by atoms with Crippen molar-refractivity contribution in [2.75, 3.05) is 83.6 Å². The smallest absolute Gasteiger partial charge is 0.266 e. The fourth-order valence-electron chi connectivity index (χ4n) is 3.55. The van der Waals surface area contributed by atoms with Crippen molar-refractivity contribution >= 4 is 20.2 Å². The maximum atomic E-state index is 10.5. The largest absolute Gasteiger partial charge is 0.396 e. The van der Waals surface area contributed by atoms with Crippen molar-refractivity contribution in [3.05, 3.63) is 0 Å². The fraction of sp³-hybridized carbons (Fsp3) is 1.00. The van der Waals surface area contributed by atoms with Crippen molar-refractivity contribution in [1.29, 1.82) is 0 Å². The van der Waals surface area contributed by atoms with Crippen molar-refractivity contribution in [2.45, 2.75) is 19.3 Å². The van der Waals surface area contributed by atoms with E-state index in [0.29, 0.717) is 25.6 Å². The highest BCUT2D eigenvalue weighted by Crippen LogP contribution is 2.19. The van der Waals surface area contributed by atoms with Crippen molar-refractivity contribution in [3.8, 4) is 0 Å². The number of nitrogens with zero attached hydrogens (tertiary/aromatic N) is 3. The van der Waals surface area contributed by atoms with Crippen molar-refractivity contribution in [3.63, 3.8) is 0 Å². The SMILES string of the molecule is O=S(=O)(O)CCN1CCC(CCO)CC1.O=S(=O)(O)CCN1CCN(CCO)CC1. The number of piperazine rings is 1. The highest BCUT2D eigenvalue weighted by Gasteiger charge is 2.20. The van der Waals surface area contributed by atoms with Crippen LogP contribution in [0.25, 0.3) is 0 Å². The van der Waals surface area contributed by atoms with Crippen LogP contribution in [0.5, 0.6) is 0 Å². The number of hydrogen-bond donors (Lipinski definition) is 4. The summed E-state index contributed by atoms with van der Waals surface area (Å²) in [5.41, 5.74) is 0. The second-order valence-electron chi connectivity index (χ2n) is 7.78. The Morgan fingerprint density at radius 1 is 0.633 bits per heavy atom. The van der Waals surface area contributed by atoms with Crippen LogP contribution in [0.1, 0.15) is 19.3 Å². The second-order valence-corrected chi connectivity index (χ2v) is 10.9. The Balaban J connectivity index is 0.000000300. The van der Waals surface area contributed by atoms with Gasteiger partial charge in [0.1, 0.15) is 0 Å². The minimum atomic E-state index is -3.84. The van der Waals surface area contributed by atoms with Crippen LogP contribution in [0, 0.1) is 5.92 Å². The van der Waals surface area contributed by atoms with Crippen LogP contribution < -0.4 is 0 Å². The molecule has 2 rings (SSSR count). The Kier molecular flexibility index (Phi) is 12.8. The van der Waals surface area contributed by atoms with E-state index in [0.717, 1.165) is 58.5 Å². The first-order chi connectivity index (χ1) is 14.0. The number of aliphatic hydroxyl groups is 2. The van der Waals surface area contributed by atoms with Crippen LogP contribution in [0.15, 0.2) is 0 Å². The van der Waals surface area contributed by atoms with Gasteiger partial charge in [-0.25, -0.2) is 0 Å². The van der Waals surface area contributed by atoms with Crippen molar-refractivity contribution in [1.82, 2.24) is 14.7 Å². The molecular formula is C17H37N3O8S2. The lowest BCUT2D eigenvalue weighted by Gasteiger charge is -2.33. The summed E-state index contributed by atoms with van der Waals surface area (Å²) in [7, 11) is -7.67. The van der Waals surface area contributed by atoms with E-state index in [4.69, 9.17) is 19.3 Å². The number of rotatable bonds is 10. The summed E-state index contributed by atoms with van der Waals surface area (Å²) in [6.07, 6.45) is 2.85. The molecule has 2 aliphatic rings. The molecule has 4 N–H and O–H groups in total. The van der Waals surface area contributed by atoms with Gasteiger partial charge in [0.15, 0.2) is 0 Å². The lowest BCUT2D eigenvalue weighted by molar-refractivity contribution is 0.116. The van der Waals surface area contributed by atoms with Crippen LogP contribution in [-0.4, -0.2) is 134 Å². The molecule has 0 aromatic rings. The molecule has 0 spiro atoms. The van der Waals surface area contributed by atoms with Crippen molar-refractivity contribution < 1.29 is 36.2 Å². The summed E-state index contributed by atoms with van der Waals surface area (Å²) in [5.74, 6) is 0.182. The zero-order chi connectivity index (χ0) is 22.6. The Hall–Kier alpha value is -0.380. The number of likely N-dealkylation sites (tertiary alicyclic amines) is 1. The Morgan fingerprint density at radius 3 is 1.40 bits per heavy atom. The van der Waals surface area contributed by atoms with E-state index in [9.17, 15) is 16.8 Å². The molecule has 30 heavy (non-hydrogen) atoms. The number of piperidine rings is 1. The summed E-state index contributed by atoms with van der Waals surface area (Å²) in [6, 6.07) is 0. The highest BCUT2D eigenvalue weighted by atomic mass is 32.2. The maximum Gasteiger partial charge on any atom is 0.266 e. The van der Waals surface area contributed by atoms with E-state index in [1.165, 1.54) is 0 Å². The van der Waals surface area contributed by atoms with Crippen molar-refractivity contribution in [2.24, 2.45) is 5.92 Å². The van der Waals surface area contributed by atoms with Gasteiger partial charge in [-0.1, -0.05) is 0 Å². The van der Waals surface area contributed by atoms with Crippen LogP contribution in [0.3, 0.4) is 0 Å². The molecule has 13 heteroatoms. The van der Waals surface area contributed by atoms with Crippen LogP contribution in [0.2, 0.25) is 0 Å². The molecule has 0 aromatic carbocycles. The monoisotopic (exact) mass is 475 g/mol. The molecule has 2 saturated heterocycles.